The van der Waals surface area contributed by atoms with E-state index in [1.165, 1.54) is 38.0 Å². The Morgan fingerprint density at radius 1 is 0.929 bits per heavy atom. The zero-order valence-electron chi connectivity index (χ0n) is 22.5. The molecule has 0 saturated carbocycles. The number of aromatic nitrogens is 2. The predicted molar refractivity (Wildman–Crippen MR) is 163 cm³/mol. The van der Waals surface area contributed by atoms with Crippen molar-refractivity contribution < 1.29 is 28.9 Å². The average Bonchev–Trinajstić information content (AvgIpc) is 3.57. The van der Waals surface area contributed by atoms with Crippen LogP contribution in [0.25, 0.3) is 5.76 Å². The van der Waals surface area contributed by atoms with Gasteiger partial charge in [-0.3, -0.25) is 14.5 Å². The molecule has 4 aromatic rings. The van der Waals surface area contributed by atoms with Crippen molar-refractivity contribution in [2.75, 3.05) is 26.2 Å². The smallest absolute Gasteiger partial charge is 0.301 e. The minimum absolute atomic E-state index is 0.137. The molecule has 3 aromatic carbocycles. The summed E-state index contributed by atoms with van der Waals surface area (Å²) in [6.07, 6.45) is 0. The number of methoxy groups -OCH3 is 3. The van der Waals surface area contributed by atoms with Gasteiger partial charge >= 0.3 is 5.91 Å². The predicted octanol–water partition coefficient (Wildman–Crippen LogP) is 6.79. The van der Waals surface area contributed by atoms with Gasteiger partial charge in [0.15, 0.2) is 15.8 Å². The van der Waals surface area contributed by atoms with Crippen molar-refractivity contribution in [3.63, 3.8) is 0 Å². The summed E-state index contributed by atoms with van der Waals surface area (Å²) in [5.41, 5.74) is 1.63. The number of halogens is 2. The summed E-state index contributed by atoms with van der Waals surface area (Å²) in [6.45, 7) is 0. The molecule has 0 aliphatic carbocycles. The summed E-state index contributed by atoms with van der Waals surface area (Å²) >= 11 is 14.6. The Hall–Kier alpha value is -3.77. The molecule has 1 aliphatic rings. The van der Waals surface area contributed by atoms with Gasteiger partial charge in [0, 0.05) is 21.4 Å². The van der Waals surface area contributed by atoms with E-state index >= 15 is 0 Å². The number of Topliss-reactive ketones (excluding diaryl/α,β-unsaturated/α-hetero) is 1. The summed E-state index contributed by atoms with van der Waals surface area (Å²) in [7, 11) is 4.39. The largest absolute Gasteiger partial charge is 0.507 e. The van der Waals surface area contributed by atoms with Crippen molar-refractivity contribution in [3.05, 3.63) is 93.0 Å². The SMILES string of the molecule is COc1cc(C2/C(=C(/O)c3ccc(Cl)cc3)C(=O)C(=O)N2c2nnc(SCc3ccc(Cl)cc3)s2)cc(OC)c1OC. The minimum atomic E-state index is -1.09. The second kappa shape index (κ2) is 12.6. The molecule has 1 N–H and O–H groups in total. The van der Waals surface area contributed by atoms with Crippen LogP contribution >= 0.6 is 46.3 Å². The lowest BCUT2D eigenvalue weighted by molar-refractivity contribution is -0.132. The van der Waals surface area contributed by atoms with Crippen molar-refractivity contribution >= 4 is 68.9 Å². The number of aliphatic hydroxyl groups excluding tert-OH is 1. The molecule has 1 amide bonds. The van der Waals surface area contributed by atoms with Gasteiger partial charge in [-0.2, -0.15) is 0 Å². The lowest BCUT2D eigenvalue weighted by Crippen LogP contribution is -2.29. The van der Waals surface area contributed by atoms with Gasteiger partial charge in [-0.05, 0) is 59.7 Å². The Labute approximate surface area is 259 Å². The topological polar surface area (TPSA) is 111 Å². The van der Waals surface area contributed by atoms with Crippen LogP contribution in [-0.2, 0) is 15.3 Å². The highest BCUT2D eigenvalue weighted by Gasteiger charge is 2.49. The van der Waals surface area contributed by atoms with Crippen LogP contribution in [0.2, 0.25) is 10.0 Å². The fourth-order valence-electron chi connectivity index (χ4n) is 4.45. The number of hydrogen-bond acceptors (Lipinski definition) is 10. The molecule has 1 aliphatic heterocycles. The van der Waals surface area contributed by atoms with Gasteiger partial charge in [-0.1, -0.05) is 58.4 Å². The van der Waals surface area contributed by atoms with Gasteiger partial charge in [-0.25, -0.2) is 0 Å². The molecule has 5 rings (SSSR count). The molecule has 0 radical (unpaired) electrons. The quantitative estimate of drug-likeness (QED) is 0.0692. The van der Waals surface area contributed by atoms with Gasteiger partial charge in [0.05, 0.1) is 32.9 Å². The lowest BCUT2D eigenvalue weighted by Gasteiger charge is -2.24. The van der Waals surface area contributed by atoms with Crippen molar-refractivity contribution in [2.45, 2.75) is 16.1 Å². The second-order valence-corrected chi connectivity index (χ2v) is 12.0. The molecule has 0 bridgehead atoms. The Bertz CT molecular complexity index is 1650. The Balaban J connectivity index is 1.61. The number of amides is 1. The molecular weight excluding hydrogens is 621 g/mol. The Morgan fingerprint density at radius 3 is 2.10 bits per heavy atom. The summed E-state index contributed by atoms with van der Waals surface area (Å²) in [4.78, 5) is 28.4. The molecule has 1 aromatic heterocycles. The summed E-state index contributed by atoms with van der Waals surface area (Å²) in [5, 5.41) is 21.2. The number of aliphatic hydroxyl groups is 1. The monoisotopic (exact) mass is 643 g/mol. The maximum atomic E-state index is 13.6. The number of anilines is 1. The van der Waals surface area contributed by atoms with Crippen LogP contribution in [0.1, 0.15) is 22.7 Å². The third-order valence-electron chi connectivity index (χ3n) is 6.44. The fraction of sp³-hybridized carbons (Fsp3) is 0.172. The van der Waals surface area contributed by atoms with E-state index in [0.29, 0.717) is 48.5 Å². The van der Waals surface area contributed by atoms with Crippen molar-refractivity contribution in [3.8, 4) is 17.2 Å². The number of thioether (sulfide) groups is 1. The Morgan fingerprint density at radius 2 is 1.52 bits per heavy atom. The molecule has 216 valence electrons. The number of ketones is 1. The molecule has 1 atom stereocenters. The molecule has 1 unspecified atom stereocenters. The highest BCUT2D eigenvalue weighted by Crippen LogP contribution is 2.48. The highest BCUT2D eigenvalue weighted by atomic mass is 35.5. The molecular formula is C29H23Cl2N3O6S2. The van der Waals surface area contributed by atoms with E-state index in [1.54, 1.807) is 48.5 Å². The van der Waals surface area contributed by atoms with Gasteiger partial charge in [0.1, 0.15) is 5.76 Å². The molecule has 0 spiro atoms. The van der Waals surface area contributed by atoms with Crippen LogP contribution in [0.4, 0.5) is 5.13 Å². The highest BCUT2D eigenvalue weighted by molar-refractivity contribution is 8.00. The standard InChI is InChI=1S/C29H23Cl2N3O6S2/c1-38-20-12-17(13-21(39-2)26(20)40-3)23-22(24(35)16-6-10-19(31)11-7-16)25(36)27(37)34(23)28-32-33-29(42-28)41-14-15-4-8-18(30)9-5-15/h4-13,23,35H,14H2,1-3H3/b24-22-. The van der Waals surface area contributed by atoms with Gasteiger partial charge in [0.25, 0.3) is 5.78 Å². The second-order valence-electron chi connectivity index (χ2n) is 8.90. The number of benzene rings is 3. The average molecular weight is 645 g/mol. The van der Waals surface area contributed by atoms with Gasteiger partial charge in [-0.15, -0.1) is 10.2 Å². The minimum Gasteiger partial charge on any atom is -0.507 e. The van der Waals surface area contributed by atoms with E-state index in [-0.39, 0.29) is 16.5 Å². The zero-order valence-corrected chi connectivity index (χ0v) is 25.6. The number of carbonyl (C=O) groups is 2. The van der Waals surface area contributed by atoms with E-state index in [1.807, 2.05) is 12.1 Å². The van der Waals surface area contributed by atoms with Crippen LogP contribution in [0.15, 0.2) is 70.6 Å². The number of carbonyl (C=O) groups excluding carboxylic acids is 2. The number of rotatable bonds is 9. The first kappa shape index (κ1) is 29.7. The van der Waals surface area contributed by atoms with Crippen LogP contribution in [-0.4, -0.2) is 48.3 Å². The summed E-state index contributed by atoms with van der Waals surface area (Å²) < 4.78 is 17.1. The zero-order chi connectivity index (χ0) is 30.0. The first-order chi connectivity index (χ1) is 20.2. The Kier molecular flexibility index (Phi) is 8.93. The molecule has 1 fully saturated rings. The van der Waals surface area contributed by atoms with Gasteiger partial charge in [0.2, 0.25) is 10.9 Å². The first-order valence-electron chi connectivity index (χ1n) is 12.3. The normalized spacial score (nSPS) is 16.1. The molecule has 1 saturated heterocycles. The molecule has 2 heterocycles. The van der Waals surface area contributed by atoms with Crippen LogP contribution in [0, 0.1) is 0 Å². The third-order valence-corrected chi connectivity index (χ3v) is 9.07. The number of nitrogens with zero attached hydrogens (tertiary/aromatic N) is 3. The van der Waals surface area contributed by atoms with E-state index < -0.39 is 17.7 Å². The number of hydrogen-bond donors (Lipinski definition) is 1. The molecule has 9 nitrogen and oxygen atoms in total. The third kappa shape index (κ3) is 5.78. The molecule has 13 heteroatoms. The lowest BCUT2D eigenvalue weighted by atomic mass is 9.95. The van der Waals surface area contributed by atoms with Crippen molar-refractivity contribution in [1.29, 1.82) is 0 Å². The first-order valence-corrected chi connectivity index (χ1v) is 14.9. The maximum Gasteiger partial charge on any atom is 0.301 e. The molecule has 42 heavy (non-hydrogen) atoms. The van der Waals surface area contributed by atoms with Crippen molar-refractivity contribution in [1.82, 2.24) is 10.2 Å². The van der Waals surface area contributed by atoms with Gasteiger partial charge < -0.3 is 19.3 Å². The van der Waals surface area contributed by atoms with Crippen molar-refractivity contribution in [2.24, 2.45) is 0 Å². The maximum absolute atomic E-state index is 13.6. The van der Waals surface area contributed by atoms with E-state index in [9.17, 15) is 14.7 Å². The van der Waals surface area contributed by atoms with Crippen LogP contribution < -0.4 is 19.1 Å². The summed E-state index contributed by atoms with van der Waals surface area (Å²) in [5.74, 6) is -0.581. The van der Waals surface area contributed by atoms with Crippen LogP contribution in [0.3, 0.4) is 0 Å². The van der Waals surface area contributed by atoms with Crippen LogP contribution in [0.5, 0.6) is 17.2 Å². The van der Waals surface area contributed by atoms with E-state index in [0.717, 1.165) is 16.9 Å². The van der Waals surface area contributed by atoms with E-state index in [2.05, 4.69) is 10.2 Å². The summed E-state index contributed by atoms with van der Waals surface area (Å²) in [6, 6.07) is 15.9. The number of ether oxygens (including phenoxy) is 3. The fourth-order valence-corrected chi connectivity index (χ4v) is 6.53. The van der Waals surface area contributed by atoms with E-state index in [4.69, 9.17) is 37.4 Å².